The van der Waals surface area contributed by atoms with Crippen molar-refractivity contribution in [2.45, 2.75) is 20.8 Å². The molecule has 2 aromatic carbocycles. The zero-order valence-corrected chi connectivity index (χ0v) is 15.2. The quantitative estimate of drug-likeness (QED) is 0.739. The van der Waals surface area contributed by atoms with Crippen LogP contribution in [-0.4, -0.2) is 22.4 Å². The fourth-order valence-corrected chi connectivity index (χ4v) is 2.72. The Morgan fingerprint density at radius 2 is 1.85 bits per heavy atom. The minimum Gasteiger partial charge on any atom is -0.324 e. The highest BCUT2D eigenvalue weighted by Crippen LogP contribution is 2.20. The molecule has 0 saturated carbocycles. The number of nitrogens with one attached hydrogen (secondary N) is 1. The molecule has 0 atom stereocenters. The minimum atomic E-state index is -0.148. The maximum atomic E-state index is 12.9. The molecule has 0 aliphatic heterocycles. The molecular formula is C21H22N4O. The minimum absolute atomic E-state index is 0.148. The van der Waals surface area contributed by atoms with Crippen LogP contribution in [0.5, 0.6) is 0 Å². The Morgan fingerprint density at radius 3 is 2.58 bits per heavy atom. The summed E-state index contributed by atoms with van der Waals surface area (Å²) in [6.45, 7) is 6.56. The standard InChI is InChI=1S/C21H22N4O/c1-4-25(17-8-6-5-7-9-17)20(26)18-12-13-22-21(23-18)24-19-14-15(2)10-11-16(19)3/h5-14H,4H2,1-3H3,(H,22,23,24). The summed E-state index contributed by atoms with van der Waals surface area (Å²) in [5, 5.41) is 3.21. The van der Waals surface area contributed by atoms with Crippen molar-refractivity contribution in [3.8, 4) is 0 Å². The number of hydrogen-bond acceptors (Lipinski definition) is 4. The number of carbonyl (C=O) groups excluding carboxylic acids is 1. The summed E-state index contributed by atoms with van der Waals surface area (Å²) in [4.78, 5) is 23.3. The molecule has 0 unspecified atom stereocenters. The number of benzene rings is 2. The maximum absolute atomic E-state index is 12.9. The van der Waals surface area contributed by atoms with E-state index in [4.69, 9.17) is 0 Å². The first kappa shape index (κ1) is 17.6. The maximum Gasteiger partial charge on any atom is 0.277 e. The lowest BCUT2D eigenvalue weighted by atomic mass is 10.1. The van der Waals surface area contributed by atoms with E-state index in [-0.39, 0.29) is 5.91 Å². The van der Waals surface area contributed by atoms with Gasteiger partial charge in [0, 0.05) is 24.1 Å². The van der Waals surface area contributed by atoms with Gasteiger partial charge in [-0.1, -0.05) is 30.3 Å². The van der Waals surface area contributed by atoms with Crippen molar-refractivity contribution >= 4 is 23.2 Å². The number of carbonyl (C=O) groups is 1. The molecular weight excluding hydrogens is 324 g/mol. The molecule has 0 fully saturated rings. The van der Waals surface area contributed by atoms with Gasteiger partial charge in [0.1, 0.15) is 5.69 Å². The summed E-state index contributed by atoms with van der Waals surface area (Å²) in [7, 11) is 0. The van der Waals surface area contributed by atoms with Crippen molar-refractivity contribution in [1.29, 1.82) is 0 Å². The van der Waals surface area contributed by atoms with Crippen LogP contribution in [0, 0.1) is 13.8 Å². The van der Waals surface area contributed by atoms with Crippen LogP contribution in [0.3, 0.4) is 0 Å². The van der Waals surface area contributed by atoms with E-state index in [0.29, 0.717) is 18.2 Å². The summed E-state index contributed by atoms with van der Waals surface area (Å²) < 4.78 is 0. The smallest absolute Gasteiger partial charge is 0.277 e. The van der Waals surface area contributed by atoms with Crippen LogP contribution in [0.25, 0.3) is 0 Å². The van der Waals surface area contributed by atoms with E-state index in [1.807, 2.05) is 63.2 Å². The first-order chi connectivity index (χ1) is 12.6. The van der Waals surface area contributed by atoms with Gasteiger partial charge in [-0.2, -0.15) is 0 Å². The number of aromatic nitrogens is 2. The highest BCUT2D eigenvalue weighted by Gasteiger charge is 2.18. The summed E-state index contributed by atoms with van der Waals surface area (Å²) >= 11 is 0. The average Bonchev–Trinajstić information content (AvgIpc) is 2.66. The van der Waals surface area contributed by atoms with Gasteiger partial charge in [-0.05, 0) is 56.2 Å². The molecule has 3 rings (SSSR count). The van der Waals surface area contributed by atoms with E-state index in [0.717, 1.165) is 22.5 Å². The van der Waals surface area contributed by atoms with E-state index in [9.17, 15) is 4.79 Å². The third-order valence-corrected chi connectivity index (χ3v) is 4.14. The normalized spacial score (nSPS) is 10.4. The molecule has 26 heavy (non-hydrogen) atoms. The van der Waals surface area contributed by atoms with Crippen molar-refractivity contribution in [3.63, 3.8) is 0 Å². The molecule has 0 aliphatic carbocycles. The summed E-state index contributed by atoms with van der Waals surface area (Å²) in [6, 6.07) is 17.4. The lowest BCUT2D eigenvalue weighted by Gasteiger charge is -2.20. The van der Waals surface area contributed by atoms with Gasteiger partial charge in [0.05, 0.1) is 0 Å². The number of amides is 1. The van der Waals surface area contributed by atoms with Crippen molar-refractivity contribution in [3.05, 3.63) is 77.6 Å². The van der Waals surface area contributed by atoms with Crippen LogP contribution in [0.2, 0.25) is 0 Å². The molecule has 0 saturated heterocycles. The van der Waals surface area contributed by atoms with E-state index < -0.39 is 0 Å². The Kier molecular flexibility index (Phi) is 5.27. The van der Waals surface area contributed by atoms with Crippen LogP contribution in [0.15, 0.2) is 60.8 Å². The Morgan fingerprint density at radius 1 is 1.08 bits per heavy atom. The predicted molar refractivity (Wildman–Crippen MR) is 105 cm³/mol. The third-order valence-electron chi connectivity index (χ3n) is 4.14. The molecule has 0 bridgehead atoms. The van der Waals surface area contributed by atoms with Crippen LogP contribution < -0.4 is 10.2 Å². The fraction of sp³-hybridized carbons (Fsp3) is 0.190. The van der Waals surface area contributed by atoms with E-state index >= 15 is 0 Å². The van der Waals surface area contributed by atoms with Crippen molar-refractivity contribution in [2.75, 3.05) is 16.8 Å². The van der Waals surface area contributed by atoms with Crippen LogP contribution >= 0.6 is 0 Å². The topological polar surface area (TPSA) is 58.1 Å². The van der Waals surface area contributed by atoms with Crippen molar-refractivity contribution in [1.82, 2.24) is 9.97 Å². The second kappa shape index (κ2) is 7.78. The number of anilines is 3. The van der Waals surface area contributed by atoms with Crippen molar-refractivity contribution in [2.24, 2.45) is 0 Å². The first-order valence-corrected chi connectivity index (χ1v) is 8.62. The Bertz CT molecular complexity index is 909. The molecule has 1 N–H and O–H groups in total. The van der Waals surface area contributed by atoms with Crippen molar-refractivity contribution < 1.29 is 4.79 Å². The zero-order valence-electron chi connectivity index (χ0n) is 15.2. The Balaban J connectivity index is 1.86. The summed E-state index contributed by atoms with van der Waals surface area (Å²) in [5.74, 6) is 0.263. The Labute approximate surface area is 153 Å². The van der Waals surface area contributed by atoms with Gasteiger partial charge in [0.25, 0.3) is 5.91 Å². The SMILES string of the molecule is CCN(C(=O)c1ccnc(Nc2cc(C)ccc2C)n1)c1ccccc1. The van der Waals surface area contributed by atoms with Gasteiger partial charge in [-0.25, -0.2) is 9.97 Å². The van der Waals surface area contributed by atoms with E-state index in [1.165, 1.54) is 0 Å². The van der Waals surface area contributed by atoms with E-state index in [1.54, 1.807) is 17.2 Å². The first-order valence-electron chi connectivity index (χ1n) is 8.62. The average molecular weight is 346 g/mol. The summed E-state index contributed by atoms with van der Waals surface area (Å²) in [6.07, 6.45) is 1.60. The predicted octanol–water partition coefficient (Wildman–Crippen LogP) is 4.50. The highest BCUT2D eigenvalue weighted by atomic mass is 16.2. The van der Waals surface area contributed by atoms with Gasteiger partial charge in [0.15, 0.2) is 0 Å². The molecule has 0 spiro atoms. The van der Waals surface area contributed by atoms with Gasteiger partial charge >= 0.3 is 0 Å². The molecule has 1 amide bonds. The van der Waals surface area contributed by atoms with Gasteiger partial charge in [-0.15, -0.1) is 0 Å². The number of aryl methyl sites for hydroxylation is 2. The number of rotatable bonds is 5. The number of para-hydroxylation sites is 1. The fourth-order valence-electron chi connectivity index (χ4n) is 2.72. The number of hydrogen-bond donors (Lipinski definition) is 1. The van der Waals surface area contributed by atoms with E-state index in [2.05, 4.69) is 21.4 Å². The lowest BCUT2D eigenvalue weighted by molar-refractivity contribution is 0.0983. The number of nitrogens with zero attached hydrogens (tertiary/aromatic N) is 3. The van der Waals surface area contributed by atoms with Crippen LogP contribution in [0.4, 0.5) is 17.3 Å². The van der Waals surface area contributed by atoms with Crippen LogP contribution in [0.1, 0.15) is 28.5 Å². The summed E-state index contributed by atoms with van der Waals surface area (Å²) in [5.41, 5.74) is 4.38. The third kappa shape index (κ3) is 3.88. The second-order valence-electron chi connectivity index (χ2n) is 6.09. The molecule has 1 heterocycles. The van der Waals surface area contributed by atoms with Gasteiger partial charge in [-0.3, -0.25) is 4.79 Å². The molecule has 0 radical (unpaired) electrons. The largest absolute Gasteiger partial charge is 0.324 e. The van der Waals surface area contributed by atoms with Gasteiger partial charge in [0.2, 0.25) is 5.95 Å². The molecule has 0 aliphatic rings. The Hall–Kier alpha value is -3.21. The zero-order chi connectivity index (χ0) is 18.5. The highest BCUT2D eigenvalue weighted by molar-refractivity contribution is 6.04. The second-order valence-corrected chi connectivity index (χ2v) is 6.09. The lowest BCUT2D eigenvalue weighted by Crippen LogP contribution is -2.31. The molecule has 1 aromatic heterocycles. The molecule has 5 heteroatoms. The van der Waals surface area contributed by atoms with Gasteiger partial charge < -0.3 is 10.2 Å². The monoisotopic (exact) mass is 346 g/mol. The molecule has 3 aromatic rings. The van der Waals surface area contributed by atoms with Crippen LogP contribution in [-0.2, 0) is 0 Å². The molecule has 132 valence electrons. The molecule has 5 nitrogen and oxygen atoms in total.